The second-order valence-corrected chi connectivity index (χ2v) is 6.19. The SMILES string of the molecule is CC(C)N1CC(C(=O)Nc2ccc(Oc3ncccn3)cc2)CC1=O. The van der Waals surface area contributed by atoms with Gasteiger partial charge in [0.2, 0.25) is 11.8 Å². The average Bonchev–Trinajstić information content (AvgIpc) is 3.00. The van der Waals surface area contributed by atoms with Crippen molar-refractivity contribution >= 4 is 17.5 Å². The van der Waals surface area contributed by atoms with Crippen molar-refractivity contribution in [2.45, 2.75) is 26.3 Å². The Bertz CT molecular complexity index is 747. The van der Waals surface area contributed by atoms with Crippen LogP contribution >= 0.6 is 0 Å². The van der Waals surface area contributed by atoms with Crippen molar-refractivity contribution in [2.24, 2.45) is 5.92 Å². The molecular weight excluding hydrogens is 320 g/mol. The minimum absolute atomic E-state index is 0.0294. The van der Waals surface area contributed by atoms with Gasteiger partial charge in [0, 0.05) is 37.1 Å². The lowest BCUT2D eigenvalue weighted by atomic mass is 10.1. The van der Waals surface area contributed by atoms with Crippen LogP contribution in [0.2, 0.25) is 0 Å². The molecule has 2 aromatic rings. The Hall–Kier alpha value is -2.96. The van der Waals surface area contributed by atoms with E-state index in [0.29, 0.717) is 18.0 Å². The first-order chi connectivity index (χ1) is 12.0. The summed E-state index contributed by atoms with van der Waals surface area (Å²) < 4.78 is 5.51. The lowest BCUT2D eigenvalue weighted by Crippen LogP contribution is -2.33. The molecule has 0 bridgehead atoms. The molecule has 1 aliphatic rings. The summed E-state index contributed by atoms with van der Waals surface area (Å²) in [6.07, 6.45) is 3.46. The van der Waals surface area contributed by atoms with E-state index >= 15 is 0 Å². The number of likely N-dealkylation sites (tertiary alicyclic amines) is 1. The first-order valence-corrected chi connectivity index (χ1v) is 8.18. The van der Waals surface area contributed by atoms with Crippen molar-refractivity contribution < 1.29 is 14.3 Å². The van der Waals surface area contributed by atoms with Crippen LogP contribution in [0.4, 0.5) is 5.69 Å². The zero-order valence-corrected chi connectivity index (χ0v) is 14.2. The number of carbonyl (C=O) groups excluding carboxylic acids is 2. The van der Waals surface area contributed by atoms with Gasteiger partial charge in [-0.05, 0) is 44.2 Å². The molecule has 1 aromatic heterocycles. The number of carbonyl (C=O) groups is 2. The van der Waals surface area contributed by atoms with Crippen molar-refractivity contribution in [1.29, 1.82) is 0 Å². The monoisotopic (exact) mass is 340 g/mol. The van der Waals surface area contributed by atoms with Crippen molar-refractivity contribution in [1.82, 2.24) is 14.9 Å². The maximum Gasteiger partial charge on any atom is 0.321 e. The molecule has 0 spiro atoms. The minimum Gasteiger partial charge on any atom is -0.424 e. The van der Waals surface area contributed by atoms with E-state index in [2.05, 4.69) is 15.3 Å². The number of hydrogen-bond acceptors (Lipinski definition) is 5. The van der Waals surface area contributed by atoms with E-state index in [1.54, 1.807) is 47.6 Å². The summed E-state index contributed by atoms with van der Waals surface area (Å²) in [7, 11) is 0. The number of nitrogens with zero attached hydrogens (tertiary/aromatic N) is 3. The third-order valence-electron chi connectivity index (χ3n) is 4.03. The van der Waals surface area contributed by atoms with E-state index in [-0.39, 0.29) is 36.2 Å². The van der Waals surface area contributed by atoms with Crippen LogP contribution < -0.4 is 10.1 Å². The molecule has 2 heterocycles. The highest BCUT2D eigenvalue weighted by atomic mass is 16.5. The van der Waals surface area contributed by atoms with Crippen molar-refractivity contribution in [3.05, 3.63) is 42.7 Å². The number of rotatable bonds is 5. The summed E-state index contributed by atoms with van der Waals surface area (Å²) in [6.45, 7) is 4.37. The van der Waals surface area contributed by atoms with Gasteiger partial charge in [0.15, 0.2) is 0 Å². The Morgan fingerprint density at radius 1 is 1.24 bits per heavy atom. The summed E-state index contributed by atoms with van der Waals surface area (Å²) in [6, 6.07) is 9.03. The molecule has 1 aromatic carbocycles. The summed E-state index contributed by atoms with van der Waals surface area (Å²) in [5.74, 6) is 0.146. The second kappa shape index (κ2) is 7.29. The number of ether oxygens (including phenoxy) is 1. The molecule has 1 atom stereocenters. The summed E-state index contributed by atoms with van der Waals surface area (Å²) in [5, 5.41) is 2.85. The molecule has 0 radical (unpaired) electrons. The molecule has 130 valence electrons. The molecule has 1 aliphatic heterocycles. The molecule has 1 N–H and O–H groups in total. The topological polar surface area (TPSA) is 84.4 Å². The van der Waals surface area contributed by atoms with Crippen molar-refractivity contribution in [2.75, 3.05) is 11.9 Å². The molecule has 0 aliphatic carbocycles. The first-order valence-electron chi connectivity index (χ1n) is 8.18. The number of nitrogens with one attached hydrogen (secondary N) is 1. The number of amides is 2. The van der Waals surface area contributed by atoms with Crippen molar-refractivity contribution in [3.8, 4) is 11.8 Å². The van der Waals surface area contributed by atoms with Crippen molar-refractivity contribution in [3.63, 3.8) is 0 Å². The van der Waals surface area contributed by atoms with Gasteiger partial charge in [0.1, 0.15) is 5.75 Å². The number of anilines is 1. The maximum atomic E-state index is 12.4. The molecule has 7 nitrogen and oxygen atoms in total. The van der Waals surface area contributed by atoms with E-state index in [1.165, 1.54) is 0 Å². The minimum atomic E-state index is -0.316. The Morgan fingerprint density at radius 2 is 1.92 bits per heavy atom. The van der Waals surface area contributed by atoms with Crippen LogP contribution in [0.1, 0.15) is 20.3 Å². The fraction of sp³-hybridized carbons (Fsp3) is 0.333. The van der Waals surface area contributed by atoms with Gasteiger partial charge in [-0.1, -0.05) is 0 Å². The fourth-order valence-corrected chi connectivity index (χ4v) is 2.70. The largest absolute Gasteiger partial charge is 0.424 e. The molecule has 2 amide bonds. The average molecular weight is 340 g/mol. The van der Waals surface area contributed by atoms with Crippen LogP contribution in [0.5, 0.6) is 11.8 Å². The van der Waals surface area contributed by atoms with Gasteiger partial charge in [-0.15, -0.1) is 0 Å². The summed E-state index contributed by atoms with van der Waals surface area (Å²) >= 11 is 0. The zero-order chi connectivity index (χ0) is 17.8. The zero-order valence-electron chi connectivity index (χ0n) is 14.2. The molecule has 1 fully saturated rings. The highest BCUT2D eigenvalue weighted by Crippen LogP contribution is 2.23. The standard InChI is InChI=1S/C18H20N4O3/c1-12(2)22-11-13(10-16(22)23)17(24)21-14-4-6-15(7-5-14)25-18-19-8-3-9-20-18/h3-9,12-13H,10-11H2,1-2H3,(H,21,24). The first kappa shape index (κ1) is 16.9. The smallest absolute Gasteiger partial charge is 0.321 e. The Labute approximate surface area is 146 Å². The molecule has 1 unspecified atom stereocenters. The highest BCUT2D eigenvalue weighted by molar-refractivity contribution is 5.97. The van der Waals surface area contributed by atoms with Gasteiger partial charge in [0.25, 0.3) is 0 Å². The number of aromatic nitrogens is 2. The van der Waals surface area contributed by atoms with Crippen LogP contribution in [-0.2, 0) is 9.59 Å². The lowest BCUT2D eigenvalue weighted by Gasteiger charge is -2.20. The molecule has 1 saturated heterocycles. The summed E-state index contributed by atoms with van der Waals surface area (Å²) in [4.78, 5) is 34.0. The Morgan fingerprint density at radius 3 is 2.52 bits per heavy atom. The third-order valence-corrected chi connectivity index (χ3v) is 4.03. The Kier molecular flexibility index (Phi) is 4.92. The lowest BCUT2D eigenvalue weighted by molar-refractivity contribution is -0.129. The maximum absolute atomic E-state index is 12.4. The van der Waals surface area contributed by atoms with E-state index in [4.69, 9.17) is 4.74 Å². The van der Waals surface area contributed by atoms with Gasteiger partial charge in [-0.3, -0.25) is 9.59 Å². The normalized spacial score (nSPS) is 17.0. The van der Waals surface area contributed by atoms with Gasteiger partial charge in [-0.2, -0.15) is 0 Å². The van der Waals surface area contributed by atoms with Crippen LogP contribution in [0, 0.1) is 5.92 Å². The number of hydrogen-bond donors (Lipinski definition) is 1. The van der Waals surface area contributed by atoms with Crippen LogP contribution in [-0.4, -0.2) is 39.3 Å². The molecular formula is C18H20N4O3. The van der Waals surface area contributed by atoms with Gasteiger partial charge >= 0.3 is 6.01 Å². The highest BCUT2D eigenvalue weighted by Gasteiger charge is 2.35. The van der Waals surface area contributed by atoms with Gasteiger partial charge in [-0.25, -0.2) is 9.97 Å². The van der Waals surface area contributed by atoms with Gasteiger partial charge < -0.3 is 15.0 Å². The quantitative estimate of drug-likeness (QED) is 0.904. The third kappa shape index (κ3) is 4.12. The van der Waals surface area contributed by atoms with E-state index < -0.39 is 0 Å². The fourth-order valence-electron chi connectivity index (χ4n) is 2.70. The van der Waals surface area contributed by atoms with Gasteiger partial charge in [0.05, 0.1) is 5.92 Å². The van der Waals surface area contributed by atoms with Crippen LogP contribution in [0.15, 0.2) is 42.7 Å². The predicted octanol–water partition coefficient (Wildman–Crippen LogP) is 2.46. The van der Waals surface area contributed by atoms with E-state index in [9.17, 15) is 9.59 Å². The Balaban J connectivity index is 1.58. The van der Waals surface area contributed by atoms with Crippen LogP contribution in [0.3, 0.4) is 0 Å². The van der Waals surface area contributed by atoms with Crippen LogP contribution in [0.25, 0.3) is 0 Å². The molecule has 0 saturated carbocycles. The predicted molar refractivity (Wildman–Crippen MR) is 92.1 cm³/mol. The molecule has 7 heteroatoms. The molecule has 25 heavy (non-hydrogen) atoms. The second-order valence-electron chi connectivity index (χ2n) is 6.19. The number of benzene rings is 1. The van der Waals surface area contributed by atoms with E-state index in [0.717, 1.165) is 0 Å². The molecule has 3 rings (SSSR count). The van der Waals surface area contributed by atoms with E-state index in [1.807, 2.05) is 13.8 Å². The summed E-state index contributed by atoms with van der Waals surface area (Å²) in [5.41, 5.74) is 0.654.